The van der Waals surface area contributed by atoms with E-state index in [-0.39, 0.29) is 12.8 Å². The lowest BCUT2D eigenvalue weighted by atomic mass is 10.1. The van der Waals surface area contributed by atoms with Crippen LogP contribution >= 0.6 is 11.8 Å². The number of thioether (sulfide) groups is 1. The first kappa shape index (κ1) is 29.4. The van der Waals surface area contributed by atoms with E-state index < -0.39 is 72.6 Å². The minimum Gasteiger partial charge on any atom is -0.481 e. The van der Waals surface area contributed by atoms with Gasteiger partial charge in [0.25, 0.3) is 0 Å². The van der Waals surface area contributed by atoms with Crippen molar-refractivity contribution in [1.29, 1.82) is 0 Å². The SMILES string of the molecule is CSCCC(N)C(=O)NC(CC(=O)O)C(=O)NC(CC(=O)O)C(=O)NC(Cc1cnc[nH]1)C(=O)O. The quantitative estimate of drug-likeness (QED) is 0.114. The van der Waals surface area contributed by atoms with Crippen molar-refractivity contribution >= 4 is 47.4 Å². The van der Waals surface area contributed by atoms with Crippen molar-refractivity contribution in [3.63, 3.8) is 0 Å². The Kier molecular flexibility index (Phi) is 12.2. The largest absolute Gasteiger partial charge is 0.481 e. The highest BCUT2D eigenvalue weighted by atomic mass is 32.2. The fourth-order valence-corrected chi connectivity index (χ4v) is 3.27. The van der Waals surface area contributed by atoms with Crippen molar-refractivity contribution < 1.29 is 44.1 Å². The molecule has 0 aromatic carbocycles. The molecule has 4 unspecified atom stereocenters. The predicted molar refractivity (Wildman–Crippen MR) is 121 cm³/mol. The van der Waals surface area contributed by atoms with Crippen molar-refractivity contribution in [2.45, 2.75) is 49.9 Å². The summed E-state index contributed by atoms with van der Waals surface area (Å²) in [6.07, 6.45) is 2.67. The van der Waals surface area contributed by atoms with Gasteiger partial charge in [-0.15, -0.1) is 0 Å². The van der Waals surface area contributed by atoms with E-state index in [1.54, 1.807) is 6.26 Å². The minimum absolute atomic E-state index is 0.208. The number of carbonyl (C=O) groups is 6. The number of hydrogen-bond donors (Lipinski definition) is 8. The molecule has 0 fully saturated rings. The number of carboxylic acids is 3. The van der Waals surface area contributed by atoms with E-state index in [0.717, 1.165) is 0 Å². The predicted octanol–water partition coefficient (Wildman–Crippen LogP) is -2.48. The second-order valence-electron chi connectivity index (χ2n) is 7.39. The highest BCUT2D eigenvalue weighted by Gasteiger charge is 2.32. The van der Waals surface area contributed by atoms with E-state index in [1.165, 1.54) is 24.3 Å². The number of amides is 3. The molecule has 0 spiro atoms. The molecule has 35 heavy (non-hydrogen) atoms. The molecule has 15 nitrogen and oxygen atoms in total. The fraction of sp³-hybridized carbons (Fsp3) is 0.526. The van der Waals surface area contributed by atoms with Gasteiger partial charge in [0.05, 0.1) is 25.2 Å². The molecule has 0 aliphatic heterocycles. The molecular weight excluding hydrogens is 488 g/mol. The number of aromatic nitrogens is 2. The number of rotatable bonds is 16. The summed E-state index contributed by atoms with van der Waals surface area (Å²) in [5.74, 6) is -6.93. The fourth-order valence-electron chi connectivity index (χ4n) is 2.78. The summed E-state index contributed by atoms with van der Waals surface area (Å²) < 4.78 is 0. The van der Waals surface area contributed by atoms with Gasteiger partial charge in [0, 0.05) is 18.3 Å². The number of H-pyrrole nitrogens is 1. The number of carboxylic acid groups (broad SMARTS) is 3. The van der Waals surface area contributed by atoms with Gasteiger partial charge in [-0.05, 0) is 18.4 Å². The Morgan fingerprint density at radius 3 is 1.89 bits per heavy atom. The van der Waals surface area contributed by atoms with Gasteiger partial charge < -0.3 is 42.0 Å². The van der Waals surface area contributed by atoms with E-state index in [1.807, 2.05) is 0 Å². The van der Waals surface area contributed by atoms with Gasteiger partial charge in [-0.1, -0.05) is 0 Å². The minimum atomic E-state index is -1.76. The van der Waals surface area contributed by atoms with Crippen molar-refractivity contribution in [2.75, 3.05) is 12.0 Å². The Balaban J connectivity index is 2.97. The van der Waals surface area contributed by atoms with Gasteiger partial charge in [0.15, 0.2) is 0 Å². The zero-order chi connectivity index (χ0) is 26.5. The molecule has 1 aromatic rings. The summed E-state index contributed by atoms with van der Waals surface area (Å²) in [7, 11) is 0. The molecule has 0 saturated carbocycles. The van der Waals surface area contributed by atoms with Crippen molar-refractivity contribution in [2.24, 2.45) is 5.73 Å². The number of nitrogens with one attached hydrogen (secondary N) is 4. The first-order valence-corrected chi connectivity index (χ1v) is 11.6. The lowest BCUT2D eigenvalue weighted by Crippen LogP contribution is -2.58. The average molecular weight is 517 g/mol. The maximum absolute atomic E-state index is 12.7. The number of aliphatic carboxylic acids is 3. The molecule has 4 atom stereocenters. The summed E-state index contributed by atoms with van der Waals surface area (Å²) >= 11 is 1.43. The van der Waals surface area contributed by atoms with Crippen LogP contribution in [-0.2, 0) is 35.2 Å². The Morgan fingerprint density at radius 2 is 1.46 bits per heavy atom. The first-order chi connectivity index (χ1) is 16.4. The number of nitrogens with two attached hydrogens (primary N) is 1. The zero-order valence-corrected chi connectivity index (χ0v) is 19.5. The molecule has 0 saturated heterocycles. The zero-order valence-electron chi connectivity index (χ0n) is 18.7. The van der Waals surface area contributed by atoms with Crippen LogP contribution in [-0.4, -0.2) is 97.1 Å². The highest BCUT2D eigenvalue weighted by Crippen LogP contribution is 2.04. The van der Waals surface area contributed by atoms with Crippen molar-refractivity contribution in [1.82, 2.24) is 25.9 Å². The maximum Gasteiger partial charge on any atom is 0.326 e. The molecule has 194 valence electrons. The van der Waals surface area contributed by atoms with Gasteiger partial charge in [0.2, 0.25) is 17.7 Å². The second-order valence-corrected chi connectivity index (χ2v) is 8.37. The summed E-state index contributed by atoms with van der Waals surface area (Å²) in [5, 5.41) is 34.0. The van der Waals surface area contributed by atoms with Gasteiger partial charge in [-0.3, -0.25) is 24.0 Å². The van der Waals surface area contributed by atoms with Crippen LogP contribution in [0.4, 0.5) is 0 Å². The molecule has 0 bridgehead atoms. The van der Waals surface area contributed by atoms with Gasteiger partial charge in [-0.25, -0.2) is 9.78 Å². The molecule has 3 amide bonds. The van der Waals surface area contributed by atoms with E-state index >= 15 is 0 Å². The van der Waals surface area contributed by atoms with E-state index in [4.69, 9.17) is 15.9 Å². The Morgan fingerprint density at radius 1 is 0.943 bits per heavy atom. The molecule has 0 aliphatic rings. The number of carbonyl (C=O) groups excluding carboxylic acids is 3. The number of hydrogen-bond acceptors (Lipinski definition) is 9. The van der Waals surface area contributed by atoms with Crippen LogP contribution in [0.5, 0.6) is 0 Å². The van der Waals surface area contributed by atoms with Crippen LogP contribution in [0.1, 0.15) is 25.0 Å². The van der Waals surface area contributed by atoms with Gasteiger partial charge in [0.1, 0.15) is 18.1 Å². The first-order valence-electron chi connectivity index (χ1n) is 10.2. The molecule has 1 heterocycles. The lowest BCUT2D eigenvalue weighted by Gasteiger charge is -2.24. The van der Waals surface area contributed by atoms with E-state index in [2.05, 4.69) is 25.9 Å². The van der Waals surface area contributed by atoms with Crippen LogP contribution in [0.2, 0.25) is 0 Å². The summed E-state index contributed by atoms with van der Waals surface area (Å²) in [6, 6.07) is -5.93. The lowest BCUT2D eigenvalue weighted by molar-refractivity contribution is -0.145. The maximum atomic E-state index is 12.7. The summed E-state index contributed by atoms with van der Waals surface area (Å²) in [5.41, 5.74) is 6.10. The topological polar surface area (TPSA) is 254 Å². The smallest absolute Gasteiger partial charge is 0.326 e. The van der Waals surface area contributed by atoms with Gasteiger partial charge in [-0.2, -0.15) is 11.8 Å². The summed E-state index contributed by atoms with van der Waals surface area (Å²) in [4.78, 5) is 78.0. The van der Waals surface area contributed by atoms with Crippen LogP contribution in [0.15, 0.2) is 12.5 Å². The van der Waals surface area contributed by atoms with Crippen molar-refractivity contribution in [3.05, 3.63) is 18.2 Å². The van der Waals surface area contributed by atoms with Crippen LogP contribution in [0.25, 0.3) is 0 Å². The van der Waals surface area contributed by atoms with Gasteiger partial charge >= 0.3 is 17.9 Å². The Labute approximate surface area is 203 Å². The number of imidazole rings is 1. The number of nitrogens with zero attached hydrogens (tertiary/aromatic N) is 1. The molecular formula is C19H28N6O9S. The molecule has 0 aliphatic carbocycles. The summed E-state index contributed by atoms with van der Waals surface area (Å²) in [6.45, 7) is 0. The third-order valence-electron chi connectivity index (χ3n) is 4.59. The molecule has 0 radical (unpaired) electrons. The van der Waals surface area contributed by atoms with E-state index in [0.29, 0.717) is 11.4 Å². The average Bonchev–Trinajstić information content (AvgIpc) is 3.28. The van der Waals surface area contributed by atoms with Crippen LogP contribution < -0.4 is 21.7 Å². The van der Waals surface area contributed by atoms with Crippen molar-refractivity contribution in [3.8, 4) is 0 Å². The number of aromatic amines is 1. The third-order valence-corrected chi connectivity index (χ3v) is 5.23. The molecule has 9 N–H and O–H groups in total. The third kappa shape index (κ3) is 10.9. The second kappa shape index (κ2) is 14.6. The van der Waals surface area contributed by atoms with E-state index in [9.17, 15) is 33.9 Å². The Hall–Kier alpha value is -3.66. The normalized spacial score (nSPS) is 14.1. The van der Waals surface area contributed by atoms with Crippen LogP contribution in [0.3, 0.4) is 0 Å². The highest BCUT2D eigenvalue weighted by molar-refractivity contribution is 7.98. The Bertz CT molecular complexity index is 911. The molecule has 1 aromatic heterocycles. The molecule has 16 heteroatoms. The standard InChI is InChI=1S/C19H28N6O9S/c1-35-3-2-10(20)16(30)23-11(5-14(26)27)17(31)24-12(6-15(28)29)18(32)25-13(19(33)34)4-9-7-21-8-22-9/h7-8,10-13H,2-6,20H2,1H3,(H,21,22)(H,23,30)(H,24,31)(H,25,32)(H,26,27)(H,28,29)(H,33,34). The molecule has 1 rings (SSSR count). The van der Waals surface area contributed by atoms with Crippen LogP contribution in [0, 0.1) is 0 Å². The monoisotopic (exact) mass is 516 g/mol.